The zero-order valence-electron chi connectivity index (χ0n) is 20.6. The predicted molar refractivity (Wildman–Crippen MR) is 136 cm³/mol. The number of likely N-dealkylation sites (N-methyl/N-ethyl adjacent to an activating group) is 1. The highest BCUT2D eigenvalue weighted by Crippen LogP contribution is 2.35. The molecule has 6 rings (SSSR count). The van der Waals surface area contributed by atoms with Gasteiger partial charge >= 0.3 is 0 Å². The molecule has 0 saturated carbocycles. The van der Waals surface area contributed by atoms with Crippen molar-refractivity contribution < 1.29 is 8.78 Å². The van der Waals surface area contributed by atoms with Crippen LogP contribution in [0.2, 0.25) is 0 Å². The number of halogens is 2. The van der Waals surface area contributed by atoms with Crippen molar-refractivity contribution in [3.63, 3.8) is 0 Å². The number of aromatic nitrogens is 5. The van der Waals surface area contributed by atoms with Crippen LogP contribution in [0.3, 0.4) is 0 Å². The third-order valence-corrected chi connectivity index (χ3v) is 7.21. The van der Waals surface area contributed by atoms with E-state index in [-0.39, 0.29) is 17.7 Å². The van der Waals surface area contributed by atoms with Crippen LogP contribution in [0.25, 0.3) is 22.3 Å². The minimum absolute atomic E-state index is 0.0280. The number of benzene rings is 1. The first-order valence-electron chi connectivity index (χ1n) is 12.3. The van der Waals surface area contributed by atoms with Crippen LogP contribution < -0.4 is 10.2 Å². The summed E-state index contributed by atoms with van der Waals surface area (Å²) in [6.45, 7) is 7.99. The van der Waals surface area contributed by atoms with Crippen molar-refractivity contribution in [3.05, 3.63) is 53.6 Å². The maximum Gasteiger partial charge on any atom is 0.229 e. The second-order valence-corrected chi connectivity index (χ2v) is 9.72. The molecular formula is C26H28F2N8. The quantitative estimate of drug-likeness (QED) is 0.452. The van der Waals surface area contributed by atoms with Crippen molar-refractivity contribution in [2.75, 3.05) is 43.4 Å². The summed E-state index contributed by atoms with van der Waals surface area (Å²) in [6.07, 6.45) is 2.86. The molecular weight excluding hydrogens is 462 g/mol. The van der Waals surface area contributed by atoms with Gasteiger partial charge in [0, 0.05) is 44.2 Å². The molecule has 1 atom stereocenters. The molecule has 1 unspecified atom stereocenters. The summed E-state index contributed by atoms with van der Waals surface area (Å²) in [5.41, 5.74) is 3.34. The van der Waals surface area contributed by atoms with E-state index in [9.17, 15) is 8.78 Å². The average Bonchev–Trinajstić information content (AvgIpc) is 3.41. The Labute approximate surface area is 208 Å². The predicted octanol–water partition coefficient (Wildman–Crippen LogP) is 4.48. The molecule has 1 aromatic carbocycles. The number of hydrogen-bond acceptors (Lipinski definition) is 7. The standard InChI is InChI=1S/C26H28F2N8/c1-15-4-7-23-32-25-18(27)12-17(13-21(25)36(15)23)24-19(28)14-29-26(33-24)31-22-6-5-20(16(2)30-22)35-10-8-34(3)9-11-35/h5-6,12-15H,4,7-11H2,1-3H3,(H,29,30,31,33). The van der Waals surface area contributed by atoms with E-state index in [2.05, 4.69) is 49.0 Å². The molecule has 5 heterocycles. The van der Waals surface area contributed by atoms with Gasteiger partial charge in [-0.2, -0.15) is 0 Å². The summed E-state index contributed by atoms with van der Waals surface area (Å²) in [4.78, 5) is 22.2. The molecule has 10 heteroatoms. The molecule has 36 heavy (non-hydrogen) atoms. The van der Waals surface area contributed by atoms with Crippen LogP contribution in [-0.2, 0) is 6.42 Å². The van der Waals surface area contributed by atoms with Gasteiger partial charge in [0.15, 0.2) is 11.6 Å². The van der Waals surface area contributed by atoms with Crippen LogP contribution in [0.4, 0.5) is 26.2 Å². The molecule has 0 amide bonds. The maximum atomic E-state index is 15.0. The fourth-order valence-electron chi connectivity index (χ4n) is 5.22. The van der Waals surface area contributed by atoms with Crippen molar-refractivity contribution in [2.45, 2.75) is 32.7 Å². The summed E-state index contributed by atoms with van der Waals surface area (Å²) in [6, 6.07) is 7.17. The van der Waals surface area contributed by atoms with Crippen LogP contribution in [0.1, 0.15) is 30.9 Å². The zero-order chi connectivity index (χ0) is 25.0. The van der Waals surface area contributed by atoms with Gasteiger partial charge in [0.2, 0.25) is 5.95 Å². The van der Waals surface area contributed by atoms with Crippen LogP contribution in [-0.4, -0.2) is 62.6 Å². The number of imidazole rings is 1. The van der Waals surface area contributed by atoms with E-state index in [1.54, 1.807) is 6.07 Å². The summed E-state index contributed by atoms with van der Waals surface area (Å²) >= 11 is 0. The number of nitrogens with zero attached hydrogens (tertiary/aromatic N) is 7. The first-order valence-corrected chi connectivity index (χ1v) is 12.3. The van der Waals surface area contributed by atoms with E-state index in [4.69, 9.17) is 0 Å². The molecule has 0 radical (unpaired) electrons. The van der Waals surface area contributed by atoms with Gasteiger partial charge < -0.3 is 19.7 Å². The number of nitrogens with one attached hydrogen (secondary N) is 1. The fourth-order valence-corrected chi connectivity index (χ4v) is 5.22. The Morgan fingerprint density at radius 1 is 1.00 bits per heavy atom. The molecule has 0 aliphatic carbocycles. The second kappa shape index (κ2) is 8.77. The molecule has 4 aromatic rings. The first-order chi connectivity index (χ1) is 17.4. The van der Waals surface area contributed by atoms with Crippen LogP contribution in [0, 0.1) is 18.6 Å². The Morgan fingerprint density at radius 2 is 1.81 bits per heavy atom. The lowest BCUT2D eigenvalue weighted by Crippen LogP contribution is -2.44. The maximum absolute atomic E-state index is 15.0. The number of fused-ring (bicyclic) bond motifs is 3. The van der Waals surface area contributed by atoms with Crippen molar-refractivity contribution >= 4 is 28.5 Å². The fraction of sp³-hybridized carbons (Fsp3) is 0.385. The Bertz CT molecular complexity index is 1460. The SMILES string of the molecule is Cc1nc(Nc2ncc(F)c(-c3cc(F)c4nc5n(c4c3)C(C)CC5)n2)ccc1N1CCN(C)CC1. The molecule has 2 aliphatic heterocycles. The summed E-state index contributed by atoms with van der Waals surface area (Å²) < 4.78 is 31.8. The highest BCUT2D eigenvalue weighted by Gasteiger charge is 2.25. The first kappa shape index (κ1) is 22.8. The second-order valence-electron chi connectivity index (χ2n) is 9.72. The third-order valence-electron chi connectivity index (χ3n) is 7.21. The molecule has 8 nitrogen and oxygen atoms in total. The van der Waals surface area contributed by atoms with E-state index in [1.807, 2.05) is 23.6 Å². The number of aryl methyl sites for hydroxylation is 2. The largest absolute Gasteiger partial charge is 0.368 e. The molecule has 1 fully saturated rings. The number of piperazine rings is 1. The minimum atomic E-state index is -0.622. The van der Waals surface area contributed by atoms with Crippen molar-refractivity contribution in [3.8, 4) is 11.3 Å². The van der Waals surface area contributed by atoms with Gasteiger partial charge in [-0.3, -0.25) is 0 Å². The monoisotopic (exact) mass is 490 g/mol. The van der Waals surface area contributed by atoms with Crippen molar-refractivity contribution in [1.82, 2.24) is 29.4 Å². The molecule has 0 spiro atoms. The van der Waals surface area contributed by atoms with Gasteiger partial charge in [0.25, 0.3) is 0 Å². The lowest BCUT2D eigenvalue weighted by Gasteiger charge is -2.34. The number of anilines is 3. The lowest BCUT2D eigenvalue weighted by molar-refractivity contribution is 0.312. The molecule has 186 valence electrons. The van der Waals surface area contributed by atoms with E-state index >= 15 is 0 Å². The van der Waals surface area contributed by atoms with Gasteiger partial charge in [-0.15, -0.1) is 0 Å². The zero-order valence-corrected chi connectivity index (χ0v) is 20.6. The highest BCUT2D eigenvalue weighted by molar-refractivity contribution is 5.83. The van der Waals surface area contributed by atoms with E-state index in [1.165, 1.54) is 6.07 Å². The molecule has 0 bridgehead atoms. The molecule has 1 N–H and O–H groups in total. The summed E-state index contributed by atoms with van der Waals surface area (Å²) in [7, 11) is 2.13. The minimum Gasteiger partial charge on any atom is -0.368 e. The number of rotatable bonds is 4. The normalized spacial score (nSPS) is 18.1. The molecule has 1 saturated heterocycles. The topological polar surface area (TPSA) is 75.0 Å². The molecule has 2 aliphatic rings. The third kappa shape index (κ3) is 3.95. The average molecular weight is 491 g/mol. The van der Waals surface area contributed by atoms with Gasteiger partial charge in [0.05, 0.1) is 23.1 Å². The van der Waals surface area contributed by atoms with Gasteiger partial charge in [0.1, 0.15) is 22.9 Å². The summed E-state index contributed by atoms with van der Waals surface area (Å²) in [5.74, 6) is 0.509. The van der Waals surface area contributed by atoms with Crippen molar-refractivity contribution in [1.29, 1.82) is 0 Å². The van der Waals surface area contributed by atoms with Crippen LogP contribution in [0.5, 0.6) is 0 Å². The van der Waals surface area contributed by atoms with E-state index < -0.39 is 11.6 Å². The van der Waals surface area contributed by atoms with Gasteiger partial charge in [-0.1, -0.05) is 0 Å². The Morgan fingerprint density at radius 3 is 2.58 bits per heavy atom. The van der Waals surface area contributed by atoms with Gasteiger partial charge in [-0.25, -0.2) is 28.7 Å². The van der Waals surface area contributed by atoms with Crippen LogP contribution in [0.15, 0.2) is 30.5 Å². The summed E-state index contributed by atoms with van der Waals surface area (Å²) in [5, 5.41) is 3.08. The number of hydrogen-bond donors (Lipinski definition) is 1. The van der Waals surface area contributed by atoms with Crippen molar-refractivity contribution in [2.24, 2.45) is 0 Å². The Hall–Kier alpha value is -3.66. The highest BCUT2D eigenvalue weighted by atomic mass is 19.1. The Balaban J connectivity index is 1.30. The lowest BCUT2D eigenvalue weighted by atomic mass is 10.1. The Kier molecular flexibility index (Phi) is 5.55. The van der Waals surface area contributed by atoms with Crippen LogP contribution >= 0.6 is 0 Å². The number of pyridine rings is 1. The smallest absolute Gasteiger partial charge is 0.229 e. The van der Waals surface area contributed by atoms with E-state index in [0.717, 1.165) is 62.4 Å². The van der Waals surface area contributed by atoms with Gasteiger partial charge in [-0.05, 0) is 51.6 Å². The van der Waals surface area contributed by atoms with E-state index in [0.29, 0.717) is 22.4 Å². The molecule has 3 aromatic heterocycles.